The van der Waals surface area contributed by atoms with Gasteiger partial charge in [-0.25, -0.2) is 8.78 Å². The van der Waals surface area contributed by atoms with Crippen LogP contribution in [0.25, 0.3) is 0 Å². The highest BCUT2D eigenvalue weighted by Crippen LogP contribution is 2.30. The molecule has 1 aromatic rings. The summed E-state index contributed by atoms with van der Waals surface area (Å²) in [7, 11) is 0. The average molecular weight is 297 g/mol. The van der Waals surface area contributed by atoms with Crippen molar-refractivity contribution in [1.82, 2.24) is 4.90 Å². The minimum atomic E-state index is -0.791. The Hall–Kier alpha value is -1.04. The van der Waals surface area contributed by atoms with Crippen LogP contribution >= 0.6 is 0 Å². The minimum Gasteiger partial charge on any atom is -0.350 e. The molecule has 0 bridgehead atoms. The number of likely N-dealkylation sites (tertiary alicyclic amines) is 1. The summed E-state index contributed by atoms with van der Waals surface area (Å²) in [6.45, 7) is 5.27. The van der Waals surface area contributed by atoms with E-state index in [-0.39, 0.29) is 12.3 Å². The average Bonchev–Trinajstić information content (AvgIpc) is 3.04. The fourth-order valence-corrected chi connectivity index (χ4v) is 3.21. The van der Waals surface area contributed by atoms with Crippen LogP contribution in [0.15, 0.2) is 18.2 Å². The third kappa shape index (κ3) is 3.25. The maximum absolute atomic E-state index is 13.3. The summed E-state index contributed by atoms with van der Waals surface area (Å²) in [4.78, 5) is 2.30. The summed E-state index contributed by atoms with van der Waals surface area (Å²) in [6, 6.07) is 4.26. The van der Waals surface area contributed by atoms with Gasteiger partial charge in [-0.05, 0) is 50.6 Å². The first-order chi connectivity index (χ1) is 10.1. The smallest absolute Gasteiger partial charge is 0.160 e. The van der Waals surface area contributed by atoms with Gasteiger partial charge in [0.15, 0.2) is 17.9 Å². The van der Waals surface area contributed by atoms with Gasteiger partial charge in [-0.15, -0.1) is 0 Å². The molecule has 5 heteroatoms. The molecule has 1 aromatic carbocycles. The van der Waals surface area contributed by atoms with Crippen molar-refractivity contribution in [3.8, 4) is 0 Å². The third-order valence-electron chi connectivity index (χ3n) is 4.58. The van der Waals surface area contributed by atoms with Gasteiger partial charge in [0.2, 0.25) is 0 Å². The summed E-state index contributed by atoms with van der Waals surface area (Å²) in [5.41, 5.74) is 0.820. The van der Waals surface area contributed by atoms with Crippen LogP contribution in [-0.4, -0.2) is 37.5 Å². The molecule has 2 heterocycles. The van der Waals surface area contributed by atoms with Crippen LogP contribution in [0.4, 0.5) is 8.78 Å². The Balaban J connectivity index is 1.59. The quantitative estimate of drug-likeness (QED) is 0.855. The Labute approximate surface area is 123 Å². The molecule has 0 N–H and O–H groups in total. The Kier molecular flexibility index (Phi) is 4.52. The normalized spacial score (nSPS) is 23.6. The molecule has 3 nitrogen and oxygen atoms in total. The molecule has 0 saturated carbocycles. The first kappa shape index (κ1) is 14.9. The maximum atomic E-state index is 13.3. The number of nitrogens with zero attached hydrogens (tertiary/aromatic N) is 1. The molecule has 2 saturated heterocycles. The highest BCUT2D eigenvalue weighted by molar-refractivity contribution is 5.21. The number of halogens is 2. The molecule has 0 radical (unpaired) electrons. The lowest BCUT2D eigenvalue weighted by molar-refractivity contribution is -0.0992. The molecule has 0 amide bonds. The van der Waals surface area contributed by atoms with Crippen LogP contribution in [0, 0.1) is 17.6 Å². The van der Waals surface area contributed by atoms with Crippen LogP contribution in [0.3, 0.4) is 0 Å². The molecular weight excluding hydrogens is 276 g/mol. The molecular formula is C16H21F2NO2. The molecule has 3 rings (SSSR count). The largest absolute Gasteiger partial charge is 0.350 e. The van der Waals surface area contributed by atoms with Crippen LogP contribution in [-0.2, 0) is 9.47 Å². The van der Waals surface area contributed by atoms with E-state index in [1.165, 1.54) is 12.1 Å². The van der Waals surface area contributed by atoms with Crippen molar-refractivity contribution in [2.75, 3.05) is 26.3 Å². The van der Waals surface area contributed by atoms with Crippen molar-refractivity contribution in [3.63, 3.8) is 0 Å². The number of ether oxygens (including phenoxy) is 2. The first-order valence-electron chi connectivity index (χ1n) is 7.57. The molecule has 0 aliphatic carbocycles. The summed E-state index contributed by atoms with van der Waals surface area (Å²) < 4.78 is 37.5. The number of benzene rings is 1. The standard InChI is InChI=1S/C16H21F2NO2/c1-11(13-2-3-14(17)15(18)10-13)19-6-4-12(5-7-19)16-20-8-9-21-16/h2-3,10-12,16H,4-9H2,1H3. The van der Waals surface area contributed by atoms with Crippen molar-refractivity contribution in [2.24, 2.45) is 5.92 Å². The van der Waals surface area contributed by atoms with Crippen molar-refractivity contribution in [2.45, 2.75) is 32.1 Å². The molecule has 116 valence electrons. The minimum absolute atomic E-state index is 0.0503. The van der Waals surface area contributed by atoms with E-state index in [1.807, 2.05) is 6.92 Å². The van der Waals surface area contributed by atoms with E-state index in [0.29, 0.717) is 19.1 Å². The Morgan fingerprint density at radius 1 is 1.10 bits per heavy atom. The molecule has 21 heavy (non-hydrogen) atoms. The van der Waals surface area contributed by atoms with Gasteiger partial charge in [0, 0.05) is 12.0 Å². The van der Waals surface area contributed by atoms with E-state index >= 15 is 0 Å². The van der Waals surface area contributed by atoms with Gasteiger partial charge in [-0.1, -0.05) is 6.07 Å². The Morgan fingerprint density at radius 3 is 2.38 bits per heavy atom. The van der Waals surface area contributed by atoms with E-state index < -0.39 is 11.6 Å². The molecule has 2 aliphatic rings. The second kappa shape index (κ2) is 6.38. The highest BCUT2D eigenvalue weighted by Gasteiger charge is 2.31. The predicted molar refractivity (Wildman–Crippen MR) is 74.8 cm³/mol. The molecule has 0 spiro atoms. The fourth-order valence-electron chi connectivity index (χ4n) is 3.21. The highest BCUT2D eigenvalue weighted by atomic mass is 19.2. The molecule has 1 atom stereocenters. The van der Waals surface area contributed by atoms with Gasteiger partial charge in [0.05, 0.1) is 13.2 Å². The Bertz CT molecular complexity index is 483. The van der Waals surface area contributed by atoms with Crippen molar-refractivity contribution >= 4 is 0 Å². The zero-order valence-corrected chi connectivity index (χ0v) is 12.2. The van der Waals surface area contributed by atoms with E-state index in [4.69, 9.17) is 9.47 Å². The van der Waals surface area contributed by atoms with Crippen LogP contribution < -0.4 is 0 Å². The van der Waals surface area contributed by atoms with Gasteiger partial charge in [-0.2, -0.15) is 0 Å². The third-order valence-corrected chi connectivity index (χ3v) is 4.58. The number of piperidine rings is 1. The van der Waals surface area contributed by atoms with Gasteiger partial charge in [0.1, 0.15) is 0 Å². The van der Waals surface area contributed by atoms with Gasteiger partial charge in [0.25, 0.3) is 0 Å². The van der Waals surface area contributed by atoms with E-state index in [9.17, 15) is 8.78 Å². The number of rotatable bonds is 3. The monoisotopic (exact) mass is 297 g/mol. The lowest BCUT2D eigenvalue weighted by Crippen LogP contribution is -2.39. The fraction of sp³-hybridized carbons (Fsp3) is 0.625. The summed E-state index contributed by atoms with van der Waals surface area (Å²) in [6.07, 6.45) is 1.97. The van der Waals surface area contributed by atoms with Gasteiger partial charge in [-0.3, -0.25) is 4.90 Å². The van der Waals surface area contributed by atoms with Crippen molar-refractivity contribution in [3.05, 3.63) is 35.4 Å². The van der Waals surface area contributed by atoms with Gasteiger partial charge >= 0.3 is 0 Å². The van der Waals surface area contributed by atoms with Crippen molar-refractivity contribution in [1.29, 1.82) is 0 Å². The molecule has 0 aromatic heterocycles. The maximum Gasteiger partial charge on any atom is 0.160 e. The second-order valence-corrected chi connectivity index (χ2v) is 5.83. The SMILES string of the molecule is CC(c1ccc(F)c(F)c1)N1CCC(C2OCCO2)CC1. The number of hydrogen-bond donors (Lipinski definition) is 0. The topological polar surface area (TPSA) is 21.7 Å². The van der Waals surface area contributed by atoms with E-state index in [0.717, 1.165) is 31.5 Å². The zero-order valence-electron chi connectivity index (χ0n) is 12.2. The van der Waals surface area contributed by atoms with E-state index in [1.54, 1.807) is 6.07 Å². The summed E-state index contributed by atoms with van der Waals surface area (Å²) in [5, 5.41) is 0. The first-order valence-corrected chi connectivity index (χ1v) is 7.57. The van der Waals surface area contributed by atoms with Crippen LogP contribution in [0.1, 0.15) is 31.4 Å². The summed E-state index contributed by atoms with van der Waals surface area (Å²) >= 11 is 0. The molecule has 1 unspecified atom stereocenters. The Morgan fingerprint density at radius 2 is 1.76 bits per heavy atom. The molecule has 2 aliphatic heterocycles. The lowest BCUT2D eigenvalue weighted by atomic mass is 9.94. The van der Waals surface area contributed by atoms with Gasteiger partial charge < -0.3 is 9.47 Å². The summed E-state index contributed by atoms with van der Waals surface area (Å²) in [5.74, 6) is -1.12. The predicted octanol–water partition coefficient (Wildman–Crippen LogP) is 3.11. The lowest BCUT2D eigenvalue weighted by Gasteiger charge is -2.37. The number of hydrogen-bond acceptors (Lipinski definition) is 3. The van der Waals surface area contributed by atoms with Crippen LogP contribution in [0.2, 0.25) is 0 Å². The van der Waals surface area contributed by atoms with Crippen molar-refractivity contribution < 1.29 is 18.3 Å². The van der Waals surface area contributed by atoms with E-state index in [2.05, 4.69) is 4.90 Å². The zero-order chi connectivity index (χ0) is 14.8. The van der Waals surface area contributed by atoms with Crippen LogP contribution in [0.5, 0.6) is 0 Å². The second-order valence-electron chi connectivity index (χ2n) is 5.83. The molecule has 2 fully saturated rings.